The molecule has 6 nitrogen and oxygen atoms in total. The third-order valence-corrected chi connectivity index (χ3v) is 3.57. The fourth-order valence-corrected chi connectivity index (χ4v) is 2.38. The number of hydrogen-bond donors (Lipinski definition) is 3. The van der Waals surface area contributed by atoms with Crippen molar-refractivity contribution in [3.05, 3.63) is 0 Å². The van der Waals surface area contributed by atoms with E-state index in [0.29, 0.717) is 6.54 Å². The summed E-state index contributed by atoms with van der Waals surface area (Å²) >= 11 is 0. The van der Waals surface area contributed by atoms with Gasteiger partial charge in [0.05, 0.1) is 6.54 Å². The second kappa shape index (κ2) is 8.74. The maximum Gasteiger partial charge on any atom is 0.334 e. The number of carboxylic acids is 1. The molecule has 1 rings (SSSR count). The molecule has 0 aliphatic heterocycles. The van der Waals surface area contributed by atoms with Gasteiger partial charge in [-0.3, -0.25) is 0 Å². The Morgan fingerprint density at radius 1 is 1.26 bits per heavy atom. The molecule has 0 aromatic heterocycles. The van der Waals surface area contributed by atoms with Crippen molar-refractivity contribution in [1.29, 1.82) is 0 Å². The van der Waals surface area contributed by atoms with Gasteiger partial charge in [-0.1, -0.05) is 32.1 Å². The highest BCUT2D eigenvalue weighted by atomic mass is 16.5. The smallest absolute Gasteiger partial charge is 0.334 e. The average molecular weight is 272 g/mol. The first-order valence-electron chi connectivity index (χ1n) is 6.90. The lowest BCUT2D eigenvalue weighted by atomic mass is 9.87. The maximum absolute atomic E-state index is 11.5. The van der Waals surface area contributed by atoms with Gasteiger partial charge in [0, 0.05) is 13.7 Å². The summed E-state index contributed by atoms with van der Waals surface area (Å²) in [5.74, 6) is -0.357. The molecule has 0 heterocycles. The van der Waals surface area contributed by atoms with Gasteiger partial charge in [0.15, 0.2) is 6.10 Å². The zero-order chi connectivity index (χ0) is 14.1. The number of nitrogens with one attached hydrogen (secondary N) is 2. The molecule has 0 radical (unpaired) electrons. The van der Waals surface area contributed by atoms with E-state index in [9.17, 15) is 9.59 Å². The highest BCUT2D eigenvalue weighted by Gasteiger charge is 2.17. The van der Waals surface area contributed by atoms with Crippen molar-refractivity contribution in [1.82, 2.24) is 10.6 Å². The first-order chi connectivity index (χ1) is 9.13. The van der Waals surface area contributed by atoms with Crippen molar-refractivity contribution in [2.75, 3.05) is 20.2 Å². The first-order valence-corrected chi connectivity index (χ1v) is 6.90. The summed E-state index contributed by atoms with van der Waals surface area (Å²) in [6.07, 6.45) is 6.44. The van der Waals surface area contributed by atoms with Gasteiger partial charge >= 0.3 is 12.0 Å². The van der Waals surface area contributed by atoms with Crippen LogP contribution in [0.3, 0.4) is 0 Å². The molecule has 3 N–H and O–H groups in total. The Morgan fingerprint density at radius 3 is 2.53 bits per heavy atom. The Morgan fingerprint density at radius 2 is 1.95 bits per heavy atom. The third kappa shape index (κ3) is 6.42. The Hall–Kier alpha value is -1.30. The molecule has 0 spiro atoms. The van der Waals surface area contributed by atoms with E-state index in [0.717, 1.165) is 12.3 Å². The largest absolute Gasteiger partial charge is 0.479 e. The molecule has 0 bridgehead atoms. The number of amides is 2. The van der Waals surface area contributed by atoms with Crippen LogP contribution in [-0.2, 0) is 9.53 Å². The molecule has 0 aromatic carbocycles. The number of ether oxygens (including phenoxy) is 1. The highest BCUT2D eigenvalue weighted by Crippen LogP contribution is 2.25. The van der Waals surface area contributed by atoms with Crippen molar-refractivity contribution < 1.29 is 19.4 Å². The lowest BCUT2D eigenvalue weighted by Gasteiger charge is -2.21. The van der Waals surface area contributed by atoms with E-state index in [1.807, 2.05) is 0 Å². The van der Waals surface area contributed by atoms with E-state index < -0.39 is 12.1 Å². The fraction of sp³-hybridized carbons (Fsp3) is 0.846. The number of carboxylic acid groups (broad SMARTS) is 1. The van der Waals surface area contributed by atoms with Gasteiger partial charge in [-0.25, -0.2) is 9.59 Å². The molecule has 110 valence electrons. The van der Waals surface area contributed by atoms with Crippen LogP contribution in [0.5, 0.6) is 0 Å². The van der Waals surface area contributed by atoms with Crippen LogP contribution >= 0.6 is 0 Å². The number of carbonyl (C=O) groups excluding carboxylic acids is 1. The number of hydrogen-bond acceptors (Lipinski definition) is 3. The van der Waals surface area contributed by atoms with Crippen molar-refractivity contribution >= 4 is 12.0 Å². The van der Waals surface area contributed by atoms with E-state index in [-0.39, 0.29) is 12.6 Å². The first kappa shape index (κ1) is 15.8. The molecule has 1 fully saturated rings. The van der Waals surface area contributed by atoms with Gasteiger partial charge in [0.2, 0.25) is 0 Å². The van der Waals surface area contributed by atoms with Gasteiger partial charge in [-0.15, -0.1) is 0 Å². The molecular weight excluding hydrogens is 248 g/mol. The lowest BCUT2D eigenvalue weighted by Crippen LogP contribution is -2.43. The van der Waals surface area contributed by atoms with Gasteiger partial charge < -0.3 is 20.5 Å². The molecule has 6 heteroatoms. The molecule has 1 saturated carbocycles. The normalized spacial score (nSPS) is 17.7. The van der Waals surface area contributed by atoms with Crippen LogP contribution < -0.4 is 10.6 Å². The molecule has 1 atom stereocenters. The monoisotopic (exact) mass is 272 g/mol. The molecule has 19 heavy (non-hydrogen) atoms. The van der Waals surface area contributed by atoms with Crippen molar-refractivity contribution in [2.24, 2.45) is 5.92 Å². The zero-order valence-electron chi connectivity index (χ0n) is 11.5. The zero-order valence-corrected chi connectivity index (χ0v) is 11.5. The van der Waals surface area contributed by atoms with E-state index in [4.69, 9.17) is 9.84 Å². The van der Waals surface area contributed by atoms with Gasteiger partial charge in [-0.2, -0.15) is 0 Å². The fourth-order valence-electron chi connectivity index (χ4n) is 2.38. The van der Waals surface area contributed by atoms with Crippen LogP contribution in [0.1, 0.15) is 38.5 Å². The lowest BCUT2D eigenvalue weighted by molar-refractivity contribution is -0.147. The molecule has 1 aliphatic rings. The number of urea groups is 1. The number of aliphatic carboxylic acids is 1. The van der Waals surface area contributed by atoms with Gasteiger partial charge in [0.25, 0.3) is 0 Å². The Bertz CT molecular complexity index is 290. The van der Waals surface area contributed by atoms with Crippen molar-refractivity contribution in [2.45, 2.75) is 44.6 Å². The van der Waals surface area contributed by atoms with Gasteiger partial charge in [0.1, 0.15) is 0 Å². The van der Waals surface area contributed by atoms with Crippen molar-refractivity contribution in [3.8, 4) is 0 Å². The quantitative estimate of drug-likeness (QED) is 0.653. The predicted molar refractivity (Wildman–Crippen MR) is 71.0 cm³/mol. The van der Waals surface area contributed by atoms with E-state index in [1.165, 1.54) is 39.2 Å². The summed E-state index contributed by atoms with van der Waals surface area (Å²) in [7, 11) is 1.31. The van der Waals surface area contributed by atoms with Gasteiger partial charge in [-0.05, 0) is 12.3 Å². The van der Waals surface area contributed by atoms with E-state index >= 15 is 0 Å². The SMILES string of the molecule is COC(CNC(=O)NCCC1CCCCC1)C(=O)O. The summed E-state index contributed by atoms with van der Waals surface area (Å²) in [5.41, 5.74) is 0. The van der Waals surface area contributed by atoms with Crippen LogP contribution in [0.4, 0.5) is 4.79 Å². The molecule has 2 amide bonds. The minimum Gasteiger partial charge on any atom is -0.479 e. The molecule has 0 saturated heterocycles. The van der Waals surface area contributed by atoms with Crippen LogP contribution in [0.2, 0.25) is 0 Å². The Balaban J connectivity index is 2.08. The second-order valence-corrected chi connectivity index (χ2v) is 4.99. The topological polar surface area (TPSA) is 87.7 Å². The summed E-state index contributed by atoms with van der Waals surface area (Å²) in [4.78, 5) is 22.1. The van der Waals surface area contributed by atoms with Crippen LogP contribution in [0.25, 0.3) is 0 Å². The summed E-state index contributed by atoms with van der Waals surface area (Å²) in [5, 5.41) is 14.0. The molecule has 1 unspecified atom stereocenters. The Kier molecular flexibility index (Phi) is 7.25. The van der Waals surface area contributed by atoms with Crippen molar-refractivity contribution in [3.63, 3.8) is 0 Å². The number of methoxy groups -OCH3 is 1. The van der Waals surface area contributed by atoms with E-state index in [1.54, 1.807) is 0 Å². The minimum atomic E-state index is -1.08. The average Bonchev–Trinajstić information content (AvgIpc) is 2.40. The van der Waals surface area contributed by atoms with E-state index in [2.05, 4.69) is 10.6 Å². The van der Waals surface area contributed by atoms with Crippen LogP contribution in [-0.4, -0.2) is 43.4 Å². The number of rotatable bonds is 7. The minimum absolute atomic E-state index is 0.0267. The Labute approximate surface area is 113 Å². The summed E-state index contributed by atoms with van der Waals surface area (Å²) < 4.78 is 4.72. The maximum atomic E-state index is 11.5. The highest BCUT2D eigenvalue weighted by molar-refractivity contribution is 5.76. The third-order valence-electron chi connectivity index (χ3n) is 3.57. The molecule has 1 aliphatic carbocycles. The molecule has 0 aromatic rings. The van der Waals surface area contributed by atoms with Crippen LogP contribution in [0.15, 0.2) is 0 Å². The second-order valence-electron chi connectivity index (χ2n) is 4.99. The predicted octanol–water partition coefficient (Wildman–Crippen LogP) is 1.36. The molecular formula is C13H24N2O4. The summed E-state index contributed by atoms with van der Waals surface area (Å²) in [6, 6.07) is -0.334. The summed E-state index contributed by atoms with van der Waals surface area (Å²) in [6.45, 7) is 0.613. The van der Waals surface area contributed by atoms with Crippen LogP contribution in [0, 0.1) is 5.92 Å². The standard InChI is InChI=1S/C13H24N2O4/c1-19-11(12(16)17)9-15-13(18)14-8-7-10-5-3-2-4-6-10/h10-11H,2-9H2,1H3,(H,16,17)(H2,14,15,18). The number of carbonyl (C=O) groups is 2.